The second-order valence-electron chi connectivity index (χ2n) is 4.33. The number of nitrogens with zero attached hydrogens (tertiary/aromatic N) is 1. The fourth-order valence-corrected chi connectivity index (χ4v) is 1.52. The Morgan fingerprint density at radius 3 is 2.29 bits per heavy atom. The average molecular weight is 237 g/mol. The zero-order valence-electron chi connectivity index (χ0n) is 10.3. The van der Waals surface area contributed by atoms with E-state index in [0.717, 1.165) is 17.7 Å². The molecule has 0 aliphatic heterocycles. The largest absolute Gasteiger partial charge is 0.481 e. The Bertz CT molecular complexity index is 361. The van der Waals surface area contributed by atoms with Gasteiger partial charge in [0.15, 0.2) is 0 Å². The highest BCUT2D eigenvalue weighted by Crippen LogP contribution is 2.09. The minimum atomic E-state index is -0.816. The molecular formula is C13H19NO3. The quantitative estimate of drug-likeness (QED) is 0.778. The summed E-state index contributed by atoms with van der Waals surface area (Å²) in [5, 5.41) is 17.7. The molecule has 0 radical (unpaired) electrons. The molecule has 0 aliphatic carbocycles. The van der Waals surface area contributed by atoms with Crippen LogP contribution in [0.2, 0.25) is 0 Å². The fraction of sp³-hybridized carbons (Fsp3) is 0.462. The van der Waals surface area contributed by atoms with Crippen LogP contribution in [0, 0.1) is 0 Å². The summed E-state index contributed by atoms with van der Waals surface area (Å²) < 4.78 is 0. The van der Waals surface area contributed by atoms with Crippen molar-refractivity contribution in [2.24, 2.45) is 0 Å². The molecule has 4 nitrogen and oxygen atoms in total. The van der Waals surface area contributed by atoms with Gasteiger partial charge in [0.1, 0.15) is 0 Å². The Hall–Kier alpha value is -1.39. The highest BCUT2D eigenvalue weighted by Gasteiger charge is 2.08. The van der Waals surface area contributed by atoms with Gasteiger partial charge >= 0.3 is 5.97 Å². The van der Waals surface area contributed by atoms with Crippen LogP contribution in [0.25, 0.3) is 0 Å². The normalized spacial score (nSPS) is 12.7. The Kier molecular flexibility index (Phi) is 5.12. The lowest BCUT2D eigenvalue weighted by Gasteiger charge is -2.22. The van der Waals surface area contributed by atoms with Crippen molar-refractivity contribution >= 4 is 5.97 Å². The number of aliphatic hydroxyl groups is 1. The van der Waals surface area contributed by atoms with E-state index >= 15 is 0 Å². The average Bonchev–Trinajstić information content (AvgIpc) is 2.30. The molecule has 1 atom stereocenters. The highest BCUT2D eigenvalue weighted by atomic mass is 16.4. The van der Waals surface area contributed by atoms with Crippen molar-refractivity contribution in [2.75, 3.05) is 13.7 Å². The predicted octanol–water partition coefficient (Wildman–Crippen LogP) is 1.13. The molecule has 0 saturated heterocycles. The van der Waals surface area contributed by atoms with Crippen LogP contribution in [-0.4, -0.2) is 40.8 Å². The smallest absolute Gasteiger partial charge is 0.307 e. The van der Waals surface area contributed by atoms with E-state index in [-0.39, 0.29) is 19.1 Å². The number of rotatable bonds is 6. The van der Waals surface area contributed by atoms with Gasteiger partial charge in [-0.1, -0.05) is 24.3 Å². The number of hydrogen-bond donors (Lipinski definition) is 2. The van der Waals surface area contributed by atoms with Gasteiger partial charge in [0, 0.05) is 12.6 Å². The lowest BCUT2D eigenvalue weighted by molar-refractivity contribution is -0.136. The molecule has 0 fully saturated rings. The molecule has 1 rings (SSSR count). The standard InChI is InChI=1S/C13H19NO3/c1-10(9-15)14(2)8-12-5-3-11(4-6-12)7-13(16)17/h3-6,10,15H,7-9H2,1-2H3,(H,16,17). The van der Waals surface area contributed by atoms with Gasteiger partial charge < -0.3 is 10.2 Å². The van der Waals surface area contributed by atoms with Crippen LogP contribution >= 0.6 is 0 Å². The van der Waals surface area contributed by atoms with Crippen LogP contribution in [0.3, 0.4) is 0 Å². The number of benzene rings is 1. The molecule has 4 heteroatoms. The maximum Gasteiger partial charge on any atom is 0.307 e. The number of aliphatic carboxylic acids is 1. The van der Waals surface area contributed by atoms with E-state index in [0.29, 0.717) is 0 Å². The third kappa shape index (κ3) is 4.54. The second-order valence-corrected chi connectivity index (χ2v) is 4.33. The first-order chi connectivity index (χ1) is 8.02. The topological polar surface area (TPSA) is 60.8 Å². The van der Waals surface area contributed by atoms with Crippen molar-refractivity contribution in [3.63, 3.8) is 0 Å². The van der Waals surface area contributed by atoms with E-state index in [1.807, 2.05) is 43.1 Å². The van der Waals surface area contributed by atoms with Gasteiger partial charge in [-0.3, -0.25) is 9.69 Å². The van der Waals surface area contributed by atoms with E-state index < -0.39 is 5.97 Å². The van der Waals surface area contributed by atoms with E-state index in [4.69, 9.17) is 10.2 Å². The van der Waals surface area contributed by atoms with E-state index in [2.05, 4.69) is 0 Å². The van der Waals surface area contributed by atoms with Crippen molar-refractivity contribution in [2.45, 2.75) is 25.9 Å². The number of likely N-dealkylation sites (N-methyl/N-ethyl adjacent to an activating group) is 1. The molecule has 17 heavy (non-hydrogen) atoms. The van der Waals surface area contributed by atoms with Gasteiger partial charge in [0.05, 0.1) is 13.0 Å². The molecule has 0 spiro atoms. The third-order valence-corrected chi connectivity index (χ3v) is 2.83. The summed E-state index contributed by atoms with van der Waals surface area (Å²) in [5.74, 6) is -0.816. The number of carboxylic acid groups (broad SMARTS) is 1. The van der Waals surface area contributed by atoms with Crippen molar-refractivity contribution in [1.82, 2.24) is 4.90 Å². The highest BCUT2D eigenvalue weighted by molar-refractivity contribution is 5.70. The van der Waals surface area contributed by atoms with Crippen LogP contribution in [0.5, 0.6) is 0 Å². The Morgan fingerprint density at radius 2 is 1.82 bits per heavy atom. The number of carbonyl (C=O) groups is 1. The zero-order chi connectivity index (χ0) is 12.8. The molecule has 1 unspecified atom stereocenters. The predicted molar refractivity (Wildman–Crippen MR) is 65.8 cm³/mol. The molecule has 0 bridgehead atoms. The summed E-state index contributed by atoms with van der Waals surface area (Å²) in [6.45, 7) is 2.83. The monoisotopic (exact) mass is 237 g/mol. The maximum atomic E-state index is 10.5. The Balaban J connectivity index is 2.59. The van der Waals surface area contributed by atoms with Crippen LogP contribution in [0.4, 0.5) is 0 Å². The van der Waals surface area contributed by atoms with Gasteiger partial charge in [-0.25, -0.2) is 0 Å². The summed E-state index contributed by atoms with van der Waals surface area (Å²) in [7, 11) is 1.95. The first-order valence-corrected chi connectivity index (χ1v) is 5.63. The van der Waals surface area contributed by atoms with E-state index in [9.17, 15) is 4.79 Å². The van der Waals surface area contributed by atoms with Gasteiger partial charge in [-0.05, 0) is 25.1 Å². The van der Waals surface area contributed by atoms with E-state index in [1.54, 1.807) is 0 Å². The van der Waals surface area contributed by atoms with Crippen LogP contribution in [0.15, 0.2) is 24.3 Å². The minimum Gasteiger partial charge on any atom is -0.481 e. The van der Waals surface area contributed by atoms with Crippen molar-refractivity contribution < 1.29 is 15.0 Å². The van der Waals surface area contributed by atoms with Crippen LogP contribution < -0.4 is 0 Å². The molecular weight excluding hydrogens is 218 g/mol. The molecule has 1 aromatic rings. The summed E-state index contributed by atoms with van der Waals surface area (Å²) >= 11 is 0. The first-order valence-electron chi connectivity index (χ1n) is 5.63. The lowest BCUT2D eigenvalue weighted by atomic mass is 10.1. The SMILES string of the molecule is CC(CO)N(C)Cc1ccc(CC(=O)O)cc1. The molecule has 0 amide bonds. The molecule has 2 N–H and O–H groups in total. The third-order valence-electron chi connectivity index (χ3n) is 2.83. The summed E-state index contributed by atoms with van der Waals surface area (Å²) in [6, 6.07) is 7.65. The van der Waals surface area contributed by atoms with Crippen LogP contribution in [-0.2, 0) is 17.8 Å². The Labute approximate surface area is 101 Å². The van der Waals surface area contributed by atoms with Gasteiger partial charge in [0.2, 0.25) is 0 Å². The lowest BCUT2D eigenvalue weighted by Crippen LogP contribution is -2.31. The van der Waals surface area contributed by atoms with Crippen LogP contribution in [0.1, 0.15) is 18.1 Å². The number of carboxylic acids is 1. The first kappa shape index (κ1) is 13.7. The fourth-order valence-electron chi connectivity index (χ4n) is 1.52. The summed E-state index contributed by atoms with van der Waals surface area (Å²) in [5.41, 5.74) is 1.92. The van der Waals surface area contributed by atoms with Crippen molar-refractivity contribution in [3.8, 4) is 0 Å². The van der Waals surface area contributed by atoms with Crippen molar-refractivity contribution in [3.05, 3.63) is 35.4 Å². The molecule has 0 saturated carbocycles. The van der Waals surface area contributed by atoms with E-state index in [1.165, 1.54) is 0 Å². The maximum absolute atomic E-state index is 10.5. The molecule has 0 heterocycles. The summed E-state index contributed by atoms with van der Waals surface area (Å²) in [4.78, 5) is 12.6. The molecule has 0 aromatic heterocycles. The second kappa shape index (κ2) is 6.37. The Morgan fingerprint density at radius 1 is 1.29 bits per heavy atom. The van der Waals surface area contributed by atoms with Crippen molar-refractivity contribution in [1.29, 1.82) is 0 Å². The minimum absolute atomic E-state index is 0.0587. The van der Waals surface area contributed by atoms with Gasteiger partial charge in [0.25, 0.3) is 0 Å². The van der Waals surface area contributed by atoms with Gasteiger partial charge in [-0.15, -0.1) is 0 Å². The number of aliphatic hydroxyl groups excluding tert-OH is 1. The van der Waals surface area contributed by atoms with Gasteiger partial charge in [-0.2, -0.15) is 0 Å². The number of hydrogen-bond acceptors (Lipinski definition) is 3. The molecule has 0 aliphatic rings. The summed E-state index contributed by atoms with van der Waals surface area (Å²) in [6.07, 6.45) is 0.0587. The molecule has 1 aromatic carbocycles. The zero-order valence-corrected chi connectivity index (χ0v) is 10.3. The molecule has 94 valence electrons.